The first kappa shape index (κ1) is 17.7. The van der Waals surface area contributed by atoms with Gasteiger partial charge in [0.15, 0.2) is 0 Å². The molecule has 120 valence electrons. The number of sulfonamides is 1. The van der Waals surface area contributed by atoms with Crippen LogP contribution in [0.2, 0.25) is 0 Å². The number of hydrogen-bond acceptors (Lipinski definition) is 4. The molecule has 21 heavy (non-hydrogen) atoms. The van der Waals surface area contributed by atoms with Gasteiger partial charge in [0.1, 0.15) is 10.6 Å². The second-order valence-corrected chi connectivity index (χ2v) is 5.91. The lowest BCUT2D eigenvalue weighted by Gasteiger charge is -2.13. The molecule has 5 nitrogen and oxygen atoms in total. The van der Waals surface area contributed by atoms with Crippen LogP contribution in [0.1, 0.15) is 19.3 Å². The van der Waals surface area contributed by atoms with E-state index in [0.29, 0.717) is 19.3 Å². The number of unbranched alkanes of at least 4 members (excludes halogenated alkanes) is 2. The summed E-state index contributed by atoms with van der Waals surface area (Å²) < 4.78 is 66.6. The average Bonchev–Trinajstić information content (AvgIpc) is 2.37. The summed E-state index contributed by atoms with van der Waals surface area (Å²) in [5.74, 6) is -0.771. The first-order chi connectivity index (χ1) is 9.76. The number of benzene rings is 1. The van der Waals surface area contributed by atoms with Crippen LogP contribution in [0.15, 0.2) is 29.2 Å². The Hall–Kier alpha value is -1.32. The van der Waals surface area contributed by atoms with Gasteiger partial charge in [-0.25, -0.2) is 13.1 Å². The highest BCUT2D eigenvalue weighted by Crippen LogP contribution is 2.29. The van der Waals surface area contributed by atoms with Crippen LogP contribution in [-0.4, -0.2) is 33.0 Å². The number of halogens is 3. The maximum absolute atomic E-state index is 12.2. The van der Waals surface area contributed by atoms with Crippen LogP contribution in [0.5, 0.6) is 5.75 Å². The lowest BCUT2D eigenvalue weighted by molar-refractivity contribution is -0.275. The van der Waals surface area contributed by atoms with E-state index >= 15 is 0 Å². The minimum Gasteiger partial charge on any atom is -0.404 e. The van der Waals surface area contributed by atoms with Gasteiger partial charge in [-0.1, -0.05) is 12.1 Å². The third-order valence-corrected chi connectivity index (χ3v) is 3.99. The summed E-state index contributed by atoms with van der Waals surface area (Å²) in [6, 6.07) is 4.54. The van der Waals surface area contributed by atoms with Crippen molar-refractivity contribution in [2.45, 2.75) is 30.5 Å². The van der Waals surface area contributed by atoms with E-state index in [1.807, 2.05) is 0 Å². The Morgan fingerprint density at radius 3 is 2.43 bits per heavy atom. The number of hydrogen-bond donors (Lipinski definition) is 2. The highest BCUT2D eigenvalue weighted by molar-refractivity contribution is 7.89. The summed E-state index contributed by atoms with van der Waals surface area (Å²) in [5.41, 5.74) is 0. The first-order valence-electron chi connectivity index (χ1n) is 6.21. The summed E-state index contributed by atoms with van der Waals surface area (Å²) in [7, 11) is -4.09. The monoisotopic (exact) mass is 327 g/mol. The molecule has 0 atom stereocenters. The molecule has 1 aromatic carbocycles. The topological polar surface area (TPSA) is 75.6 Å². The van der Waals surface area contributed by atoms with E-state index in [0.717, 1.165) is 12.1 Å². The minimum absolute atomic E-state index is 0.00893. The van der Waals surface area contributed by atoms with E-state index in [1.54, 1.807) is 0 Å². The summed E-state index contributed by atoms with van der Waals surface area (Å²) >= 11 is 0. The molecule has 2 N–H and O–H groups in total. The fraction of sp³-hybridized carbons (Fsp3) is 0.500. The number of para-hydroxylation sites is 1. The quantitative estimate of drug-likeness (QED) is 0.716. The van der Waals surface area contributed by atoms with Gasteiger partial charge in [-0.2, -0.15) is 0 Å². The molecular weight excluding hydrogens is 311 g/mol. The standard InChI is InChI=1S/C12H16F3NO4S/c13-12(14,15)20-10-6-2-3-7-11(10)21(18,19)16-8-4-1-5-9-17/h2-3,6-7,16-17H,1,4-5,8-9H2. The normalized spacial score (nSPS) is 12.4. The van der Waals surface area contributed by atoms with E-state index in [4.69, 9.17) is 5.11 Å². The third-order valence-electron chi connectivity index (χ3n) is 2.49. The molecule has 0 aliphatic carbocycles. The minimum atomic E-state index is -4.97. The van der Waals surface area contributed by atoms with Crippen LogP contribution in [0.3, 0.4) is 0 Å². The lowest BCUT2D eigenvalue weighted by Crippen LogP contribution is -2.26. The van der Waals surface area contributed by atoms with Gasteiger partial charge in [0.2, 0.25) is 10.0 Å². The molecular formula is C12H16F3NO4S. The van der Waals surface area contributed by atoms with Gasteiger partial charge in [-0.3, -0.25) is 0 Å². The zero-order chi connectivity index (χ0) is 15.9. The summed E-state index contributed by atoms with van der Waals surface area (Å²) in [6.07, 6.45) is -3.34. The van der Waals surface area contributed by atoms with Gasteiger partial charge in [-0.15, -0.1) is 13.2 Å². The maximum atomic E-state index is 12.2. The molecule has 0 heterocycles. The SMILES string of the molecule is O=S(=O)(NCCCCCO)c1ccccc1OC(F)(F)F. The third kappa shape index (κ3) is 6.32. The smallest absolute Gasteiger partial charge is 0.404 e. The largest absolute Gasteiger partial charge is 0.573 e. The zero-order valence-electron chi connectivity index (χ0n) is 11.1. The highest BCUT2D eigenvalue weighted by Gasteiger charge is 2.33. The predicted molar refractivity (Wildman–Crippen MR) is 69.3 cm³/mol. The van der Waals surface area contributed by atoms with Gasteiger partial charge in [0.25, 0.3) is 0 Å². The Bertz CT molecular complexity index is 546. The molecule has 1 aromatic rings. The molecule has 0 saturated heterocycles. The predicted octanol–water partition coefficient (Wildman–Crippen LogP) is 2.03. The number of aliphatic hydroxyl groups is 1. The first-order valence-corrected chi connectivity index (χ1v) is 7.70. The van der Waals surface area contributed by atoms with Crippen LogP contribution in [0.4, 0.5) is 13.2 Å². The molecule has 0 radical (unpaired) electrons. The van der Waals surface area contributed by atoms with Crippen molar-refractivity contribution < 1.29 is 31.4 Å². The van der Waals surface area contributed by atoms with Gasteiger partial charge in [0, 0.05) is 13.2 Å². The van der Waals surface area contributed by atoms with Crippen LogP contribution in [-0.2, 0) is 10.0 Å². The van der Waals surface area contributed by atoms with Crippen molar-refractivity contribution >= 4 is 10.0 Å². The number of ether oxygens (including phenoxy) is 1. The molecule has 0 aliphatic heterocycles. The fourth-order valence-electron chi connectivity index (χ4n) is 1.58. The van der Waals surface area contributed by atoms with Crippen molar-refractivity contribution in [2.75, 3.05) is 13.2 Å². The van der Waals surface area contributed by atoms with Gasteiger partial charge in [-0.05, 0) is 31.4 Å². The van der Waals surface area contributed by atoms with E-state index in [9.17, 15) is 21.6 Å². The van der Waals surface area contributed by atoms with Crippen molar-refractivity contribution in [3.8, 4) is 5.75 Å². The van der Waals surface area contributed by atoms with Crippen LogP contribution >= 0.6 is 0 Å². The Morgan fingerprint density at radius 2 is 1.81 bits per heavy atom. The molecule has 0 bridgehead atoms. The second-order valence-electron chi connectivity index (χ2n) is 4.18. The zero-order valence-corrected chi connectivity index (χ0v) is 11.9. The number of rotatable bonds is 8. The molecule has 0 saturated carbocycles. The summed E-state index contributed by atoms with van der Waals surface area (Å²) in [4.78, 5) is -0.565. The maximum Gasteiger partial charge on any atom is 0.573 e. The van der Waals surface area contributed by atoms with Crippen LogP contribution < -0.4 is 9.46 Å². The van der Waals surface area contributed by atoms with Crippen LogP contribution in [0, 0.1) is 0 Å². The molecule has 0 spiro atoms. The summed E-state index contributed by atoms with van der Waals surface area (Å²) in [5, 5.41) is 8.59. The van der Waals surface area contributed by atoms with Crippen molar-refractivity contribution in [1.29, 1.82) is 0 Å². The molecule has 0 aromatic heterocycles. The van der Waals surface area contributed by atoms with Crippen molar-refractivity contribution in [3.63, 3.8) is 0 Å². The molecule has 0 fully saturated rings. The molecule has 0 aliphatic rings. The van der Waals surface area contributed by atoms with Crippen molar-refractivity contribution in [2.24, 2.45) is 0 Å². The van der Waals surface area contributed by atoms with Crippen molar-refractivity contribution in [3.05, 3.63) is 24.3 Å². The molecule has 9 heteroatoms. The average molecular weight is 327 g/mol. The number of aliphatic hydroxyl groups excluding tert-OH is 1. The van der Waals surface area contributed by atoms with E-state index in [-0.39, 0.29) is 13.2 Å². The second kappa shape index (κ2) is 7.62. The molecule has 0 unspecified atom stereocenters. The van der Waals surface area contributed by atoms with Crippen molar-refractivity contribution in [1.82, 2.24) is 4.72 Å². The molecule has 1 rings (SSSR count). The van der Waals surface area contributed by atoms with Gasteiger partial charge < -0.3 is 9.84 Å². The fourth-order valence-corrected chi connectivity index (χ4v) is 2.78. The summed E-state index contributed by atoms with van der Waals surface area (Å²) in [6.45, 7) is 0.0810. The Balaban J connectivity index is 2.78. The Morgan fingerprint density at radius 1 is 1.14 bits per heavy atom. The number of nitrogens with one attached hydrogen (secondary N) is 1. The lowest BCUT2D eigenvalue weighted by atomic mass is 10.2. The number of alkyl halides is 3. The van der Waals surface area contributed by atoms with E-state index in [2.05, 4.69) is 9.46 Å². The highest BCUT2D eigenvalue weighted by atomic mass is 32.2. The van der Waals surface area contributed by atoms with Gasteiger partial charge >= 0.3 is 6.36 Å². The Labute approximate surface area is 120 Å². The van der Waals surface area contributed by atoms with E-state index in [1.165, 1.54) is 12.1 Å². The Kier molecular flexibility index (Phi) is 6.43. The van der Waals surface area contributed by atoms with Crippen LogP contribution in [0.25, 0.3) is 0 Å². The molecule has 0 amide bonds. The van der Waals surface area contributed by atoms with Gasteiger partial charge in [0.05, 0.1) is 0 Å². The van der Waals surface area contributed by atoms with E-state index < -0.39 is 27.0 Å².